The monoisotopic (exact) mass is 339 g/mol. The van der Waals surface area contributed by atoms with Gasteiger partial charge in [-0.1, -0.05) is 22.0 Å². The molecule has 100 valence electrons. The molecule has 0 aliphatic carbocycles. The van der Waals surface area contributed by atoms with Crippen molar-refractivity contribution < 1.29 is 9.90 Å². The van der Waals surface area contributed by atoms with Gasteiger partial charge >= 0.3 is 5.97 Å². The fourth-order valence-corrected chi connectivity index (χ4v) is 3.01. The molecular formula is C14H14BrNO2S. The quantitative estimate of drug-likeness (QED) is 0.899. The van der Waals surface area contributed by atoms with Gasteiger partial charge in [-0.25, -0.2) is 4.79 Å². The van der Waals surface area contributed by atoms with E-state index in [-0.39, 0.29) is 0 Å². The summed E-state index contributed by atoms with van der Waals surface area (Å²) in [7, 11) is 2.05. The lowest BCUT2D eigenvalue weighted by molar-refractivity contribution is 0.0697. The number of benzene rings is 1. The molecule has 1 N–H and O–H groups in total. The van der Waals surface area contributed by atoms with E-state index in [0.717, 1.165) is 23.1 Å². The number of hydrogen-bond donors (Lipinski definition) is 1. The van der Waals surface area contributed by atoms with E-state index in [4.69, 9.17) is 5.11 Å². The Morgan fingerprint density at radius 2 is 2.16 bits per heavy atom. The maximum Gasteiger partial charge on any atom is 0.335 e. The van der Waals surface area contributed by atoms with Crippen LogP contribution in [0.4, 0.5) is 0 Å². The standard InChI is InChI=1S/C14H14BrNO2S/c1-16(7-10-4-5-19-9-10)8-12-3-2-11(14(17)18)6-13(12)15/h2-6,9H,7-8H2,1H3,(H,17,18). The molecule has 3 nitrogen and oxygen atoms in total. The normalized spacial score (nSPS) is 10.9. The molecule has 0 atom stereocenters. The Bertz CT molecular complexity index is 569. The molecule has 1 aromatic carbocycles. The van der Waals surface area contributed by atoms with Crippen molar-refractivity contribution in [1.82, 2.24) is 4.90 Å². The van der Waals surface area contributed by atoms with Crippen molar-refractivity contribution in [2.24, 2.45) is 0 Å². The van der Waals surface area contributed by atoms with Gasteiger partial charge in [-0.15, -0.1) is 0 Å². The summed E-state index contributed by atoms with van der Waals surface area (Å²) in [5.74, 6) is -0.904. The van der Waals surface area contributed by atoms with Crippen molar-refractivity contribution in [3.8, 4) is 0 Å². The lowest BCUT2D eigenvalue weighted by Gasteiger charge is -2.17. The van der Waals surface area contributed by atoms with Crippen LogP contribution < -0.4 is 0 Å². The van der Waals surface area contributed by atoms with Crippen LogP contribution in [0.25, 0.3) is 0 Å². The SMILES string of the molecule is CN(Cc1ccsc1)Cc1ccc(C(=O)O)cc1Br. The molecule has 1 aromatic heterocycles. The van der Waals surface area contributed by atoms with Crippen LogP contribution in [0.5, 0.6) is 0 Å². The van der Waals surface area contributed by atoms with Crippen LogP contribution in [-0.4, -0.2) is 23.0 Å². The van der Waals surface area contributed by atoms with Crippen LogP contribution in [0.2, 0.25) is 0 Å². The second-order valence-corrected chi connectivity index (χ2v) is 6.05. The van der Waals surface area contributed by atoms with Crippen LogP contribution in [0, 0.1) is 0 Å². The molecule has 0 fully saturated rings. The maximum atomic E-state index is 10.9. The first-order valence-electron chi connectivity index (χ1n) is 5.77. The zero-order valence-electron chi connectivity index (χ0n) is 10.5. The van der Waals surface area contributed by atoms with Crippen molar-refractivity contribution in [1.29, 1.82) is 0 Å². The van der Waals surface area contributed by atoms with E-state index >= 15 is 0 Å². The highest BCUT2D eigenvalue weighted by atomic mass is 79.9. The average Bonchev–Trinajstić information content (AvgIpc) is 2.84. The van der Waals surface area contributed by atoms with E-state index in [1.807, 2.05) is 6.07 Å². The first kappa shape index (κ1) is 14.2. The van der Waals surface area contributed by atoms with Gasteiger partial charge < -0.3 is 5.11 Å². The predicted octanol–water partition coefficient (Wildman–Crippen LogP) is 3.84. The van der Waals surface area contributed by atoms with Crippen molar-refractivity contribution in [3.05, 3.63) is 56.2 Å². The van der Waals surface area contributed by atoms with Crippen LogP contribution in [0.15, 0.2) is 39.5 Å². The summed E-state index contributed by atoms with van der Waals surface area (Å²) in [5.41, 5.74) is 2.68. The molecule has 0 aliphatic rings. The molecule has 2 rings (SSSR count). The number of carboxylic acid groups (broad SMARTS) is 1. The number of aromatic carboxylic acids is 1. The molecule has 0 spiro atoms. The largest absolute Gasteiger partial charge is 0.478 e. The highest BCUT2D eigenvalue weighted by molar-refractivity contribution is 9.10. The third-order valence-corrected chi connectivity index (χ3v) is 4.24. The Morgan fingerprint density at radius 3 is 2.74 bits per heavy atom. The average molecular weight is 340 g/mol. The Kier molecular flexibility index (Phi) is 4.74. The summed E-state index contributed by atoms with van der Waals surface area (Å²) in [4.78, 5) is 13.1. The molecule has 0 saturated heterocycles. The van der Waals surface area contributed by atoms with Crippen molar-refractivity contribution >= 4 is 33.2 Å². The van der Waals surface area contributed by atoms with Crippen molar-refractivity contribution in [2.45, 2.75) is 13.1 Å². The van der Waals surface area contributed by atoms with Gasteiger partial charge in [0.2, 0.25) is 0 Å². The minimum atomic E-state index is -0.904. The molecule has 0 amide bonds. The number of rotatable bonds is 5. The molecular weight excluding hydrogens is 326 g/mol. The number of halogens is 1. The van der Waals surface area contributed by atoms with Gasteiger partial charge in [0, 0.05) is 17.6 Å². The molecule has 1 heterocycles. The highest BCUT2D eigenvalue weighted by Gasteiger charge is 2.09. The fourth-order valence-electron chi connectivity index (χ4n) is 1.85. The summed E-state index contributed by atoms with van der Waals surface area (Å²) in [6, 6.07) is 7.26. The van der Waals surface area contributed by atoms with Gasteiger partial charge in [0.1, 0.15) is 0 Å². The topological polar surface area (TPSA) is 40.5 Å². The Labute approximate surface area is 124 Å². The molecule has 0 unspecified atom stereocenters. The third kappa shape index (κ3) is 3.89. The minimum absolute atomic E-state index is 0.302. The molecule has 5 heteroatoms. The second-order valence-electron chi connectivity index (χ2n) is 4.42. The molecule has 0 radical (unpaired) electrons. The Hall–Kier alpha value is -1.17. The highest BCUT2D eigenvalue weighted by Crippen LogP contribution is 2.21. The maximum absolute atomic E-state index is 10.9. The lowest BCUT2D eigenvalue weighted by Crippen LogP contribution is -2.17. The molecule has 19 heavy (non-hydrogen) atoms. The van der Waals surface area contributed by atoms with Crippen LogP contribution >= 0.6 is 27.3 Å². The summed E-state index contributed by atoms with van der Waals surface area (Å²) in [5, 5.41) is 13.1. The van der Waals surface area contributed by atoms with Gasteiger partial charge in [0.15, 0.2) is 0 Å². The molecule has 0 aliphatic heterocycles. The smallest absolute Gasteiger partial charge is 0.335 e. The van der Waals surface area contributed by atoms with E-state index in [1.165, 1.54) is 5.56 Å². The zero-order valence-corrected chi connectivity index (χ0v) is 12.9. The first-order chi connectivity index (χ1) is 9.06. The number of hydrogen-bond acceptors (Lipinski definition) is 3. The fraction of sp³-hybridized carbons (Fsp3) is 0.214. The van der Waals surface area contributed by atoms with Gasteiger partial charge in [-0.3, -0.25) is 4.90 Å². The van der Waals surface area contributed by atoms with Crippen LogP contribution in [0.3, 0.4) is 0 Å². The van der Waals surface area contributed by atoms with E-state index in [9.17, 15) is 4.79 Å². The van der Waals surface area contributed by atoms with Gasteiger partial charge in [-0.05, 0) is 47.1 Å². The minimum Gasteiger partial charge on any atom is -0.478 e. The number of carboxylic acids is 1. The lowest BCUT2D eigenvalue weighted by atomic mass is 10.1. The second kappa shape index (κ2) is 6.32. The summed E-state index contributed by atoms with van der Waals surface area (Å²) >= 11 is 5.13. The zero-order chi connectivity index (χ0) is 13.8. The predicted molar refractivity (Wildman–Crippen MR) is 80.6 cm³/mol. The first-order valence-corrected chi connectivity index (χ1v) is 7.51. The molecule has 0 saturated carbocycles. The number of nitrogens with zero attached hydrogens (tertiary/aromatic N) is 1. The summed E-state index contributed by atoms with van der Waals surface area (Å²) < 4.78 is 0.838. The van der Waals surface area contributed by atoms with E-state index in [1.54, 1.807) is 23.5 Å². The van der Waals surface area contributed by atoms with E-state index in [2.05, 4.69) is 44.7 Å². The van der Waals surface area contributed by atoms with E-state index < -0.39 is 5.97 Å². The summed E-state index contributed by atoms with van der Waals surface area (Å²) in [6.45, 7) is 1.66. The molecule has 2 aromatic rings. The van der Waals surface area contributed by atoms with Crippen LogP contribution in [-0.2, 0) is 13.1 Å². The van der Waals surface area contributed by atoms with Gasteiger partial charge in [-0.2, -0.15) is 11.3 Å². The number of thiophene rings is 1. The van der Waals surface area contributed by atoms with Gasteiger partial charge in [0.25, 0.3) is 0 Å². The van der Waals surface area contributed by atoms with Gasteiger partial charge in [0.05, 0.1) is 5.56 Å². The van der Waals surface area contributed by atoms with Crippen molar-refractivity contribution in [3.63, 3.8) is 0 Å². The Balaban J connectivity index is 2.04. The number of carbonyl (C=O) groups is 1. The van der Waals surface area contributed by atoms with Crippen LogP contribution in [0.1, 0.15) is 21.5 Å². The molecule has 0 bridgehead atoms. The van der Waals surface area contributed by atoms with E-state index in [0.29, 0.717) is 5.56 Å². The third-order valence-electron chi connectivity index (χ3n) is 2.77. The van der Waals surface area contributed by atoms with Crippen molar-refractivity contribution in [2.75, 3.05) is 7.05 Å². The summed E-state index contributed by atoms with van der Waals surface area (Å²) in [6.07, 6.45) is 0. The Morgan fingerprint density at radius 1 is 1.37 bits per heavy atom.